The first kappa shape index (κ1) is 13.6. The lowest BCUT2D eigenvalue weighted by Gasteiger charge is -1.99. The average Bonchev–Trinajstić information content (AvgIpc) is 3.15. The zero-order valence-electron chi connectivity index (χ0n) is 10.6. The highest BCUT2D eigenvalue weighted by molar-refractivity contribution is 7.98. The number of rotatable bonds is 5. The van der Waals surface area contributed by atoms with Crippen LogP contribution in [0.25, 0.3) is 11.7 Å². The lowest BCUT2D eigenvalue weighted by atomic mass is 10.4. The molecule has 0 saturated carbocycles. The summed E-state index contributed by atoms with van der Waals surface area (Å²) < 4.78 is 10.6. The van der Waals surface area contributed by atoms with Crippen molar-refractivity contribution in [3.05, 3.63) is 46.3 Å². The molecular formula is C12H10N4O4S. The van der Waals surface area contributed by atoms with Crippen LogP contribution >= 0.6 is 11.8 Å². The number of hydrogen-bond donors (Lipinski definition) is 2. The van der Waals surface area contributed by atoms with Crippen molar-refractivity contribution in [3.8, 4) is 11.7 Å². The highest BCUT2D eigenvalue weighted by Crippen LogP contribution is 2.25. The molecule has 0 aliphatic carbocycles. The van der Waals surface area contributed by atoms with E-state index in [9.17, 15) is 4.79 Å². The summed E-state index contributed by atoms with van der Waals surface area (Å²) in [5.74, 6) is 1.37. The summed E-state index contributed by atoms with van der Waals surface area (Å²) in [4.78, 5) is 17.9. The number of nitrogens with one attached hydrogen (secondary N) is 1. The van der Waals surface area contributed by atoms with Crippen molar-refractivity contribution in [2.45, 2.75) is 17.6 Å². The molecule has 0 aliphatic rings. The second-order valence-corrected chi connectivity index (χ2v) is 4.91. The van der Waals surface area contributed by atoms with Crippen molar-refractivity contribution in [1.29, 1.82) is 0 Å². The molecule has 3 aromatic rings. The Morgan fingerprint density at radius 1 is 1.38 bits per heavy atom. The van der Waals surface area contributed by atoms with E-state index in [4.69, 9.17) is 13.9 Å². The van der Waals surface area contributed by atoms with Gasteiger partial charge in [-0.05, 0) is 12.1 Å². The number of aromatic amines is 1. The number of aromatic nitrogens is 4. The zero-order chi connectivity index (χ0) is 14.7. The highest BCUT2D eigenvalue weighted by atomic mass is 32.2. The fraction of sp³-hybridized carbons (Fsp3) is 0.167. The topological polar surface area (TPSA) is 118 Å². The summed E-state index contributed by atoms with van der Waals surface area (Å²) >= 11 is 1.24. The Hall–Kier alpha value is -2.39. The molecule has 0 spiro atoms. The minimum absolute atomic E-state index is 0.222. The molecule has 3 aromatic heterocycles. The van der Waals surface area contributed by atoms with E-state index < -0.39 is 0 Å². The molecule has 0 bridgehead atoms. The van der Waals surface area contributed by atoms with Crippen LogP contribution in [0, 0.1) is 0 Å². The molecule has 0 aromatic carbocycles. The van der Waals surface area contributed by atoms with Crippen LogP contribution in [-0.2, 0) is 12.4 Å². The molecule has 3 heterocycles. The molecule has 0 unspecified atom stereocenters. The van der Waals surface area contributed by atoms with E-state index in [2.05, 4.69) is 20.2 Å². The fourth-order valence-corrected chi connectivity index (χ4v) is 2.27. The van der Waals surface area contributed by atoms with E-state index >= 15 is 0 Å². The van der Waals surface area contributed by atoms with Crippen molar-refractivity contribution >= 4 is 11.8 Å². The minimum Gasteiger partial charge on any atom is -0.459 e. The molecule has 0 aliphatic heterocycles. The predicted molar refractivity (Wildman–Crippen MR) is 72.3 cm³/mol. The van der Waals surface area contributed by atoms with Crippen LogP contribution in [0.4, 0.5) is 0 Å². The minimum atomic E-state index is -0.322. The van der Waals surface area contributed by atoms with Gasteiger partial charge in [0.25, 0.3) is 16.7 Å². The van der Waals surface area contributed by atoms with Crippen molar-refractivity contribution in [2.75, 3.05) is 0 Å². The lowest BCUT2D eigenvalue weighted by Crippen LogP contribution is -2.12. The van der Waals surface area contributed by atoms with Crippen molar-refractivity contribution in [2.24, 2.45) is 0 Å². The standard InChI is InChI=1S/C12H10N4O4S/c17-5-9-13-7(4-10(18)14-9)6-21-12-16-15-11(20-12)8-2-1-3-19-8/h1-4,17H,5-6H2,(H,13,14,18). The second-order valence-electron chi connectivity index (χ2n) is 3.98. The number of aliphatic hydroxyl groups is 1. The second kappa shape index (κ2) is 5.94. The Morgan fingerprint density at radius 3 is 3.05 bits per heavy atom. The molecule has 21 heavy (non-hydrogen) atoms. The molecule has 108 valence electrons. The number of nitrogens with zero attached hydrogens (tertiary/aromatic N) is 3. The smallest absolute Gasteiger partial charge is 0.284 e. The summed E-state index contributed by atoms with van der Waals surface area (Å²) in [5.41, 5.74) is 0.206. The molecule has 9 heteroatoms. The van der Waals surface area contributed by atoms with Crippen molar-refractivity contribution in [1.82, 2.24) is 20.2 Å². The van der Waals surface area contributed by atoms with Gasteiger partial charge in [-0.1, -0.05) is 11.8 Å². The Labute approximate surface area is 122 Å². The Balaban J connectivity index is 1.71. The van der Waals surface area contributed by atoms with E-state index in [-0.39, 0.29) is 23.9 Å². The van der Waals surface area contributed by atoms with Gasteiger partial charge < -0.3 is 18.9 Å². The molecular weight excluding hydrogens is 296 g/mol. The monoisotopic (exact) mass is 306 g/mol. The van der Waals surface area contributed by atoms with Gasteiger partial charge in [-0.25, -0.2) is 4.98 Å². The van der Waals surface area contributed by atoms with Gasteiger partial charge in [0.05, 0.1) is 12.0 Å². The van der Waals surface area contributed by atoms with E-state index in [0.717, 1.165) is 0 Å². The van der Waals surface area contributed by atoms with E-state index in [0.29, 0.717) is 22.4 Å². The summed E-state index contributed by atoms with van der Waals surface area (Å²) in [5, 5.41) is 17.1. The molecule has 2 N–H and O–H groups in total. The van der Waals surface area contributed by atoms with Crippen LogP contribution in [0.15, 0.2) is 43.3 Å². The van der Waals surface area contributed by atoms with Gasteiger partial charge >= 0.3 is 0 Å². The molecule has 3 rings (SSSR count). The maximum Gasteiger partial charge on any atom is 0.284 e. The molecule has 0 fully saturated rings. The number of H-pyrrole nitrogens is 1. The maximum atomic E-state index is 11.4. The van der Waals surface area contributed by atoms with Gasteiger partial charge in [0, 0.05) is 11.8 Å². The zero-order valence-corrected chi connectivity index (χ0v) is 11.5. The van der Waals surface area contributed by atoms with Crippen LogP contribution in [0.1, 0.15) is 11.5 Å². The Bertz CT molecular complexity index is 781. The average molecular weight is 306 g/mol. The van der Waals surface area contributed by atoms with Gasteiger partial charge in [0.2, 0.25) is 0 Å². The molecule has 0 saturated heterocycles. The van der Waals surface area contributed by atoms with E-state index in [1.807, 2.05) is 0 Å². The first-order valence-corrected chi connectivity index (χ1v) is 6.93. The van der Waals surface area contributed by atoms with Crippen LogP contribution in [0.3, 0.4) is 0 Å². The van der Waals surface area contributed by atoms with Crippen molar-refractivity contribution < 1.29 is 13.9 Å². The first-order chi connectivity index (χ1) is 10.2. The molecule has 0 amide bonds. The Kier molecular flexibility index (Phi) is 3.84. The number of hydrogen-bond acceptors (Lipinski definition) is 8. The van der Waals surface area contributed by atoms with E-state index in [1.165, 1.54) is 24.1 Å². The van der Waals surface area contributed by atoms with Gasteiger partial charge in [-0.15, -0.1) is 10.2 Å². The van der Waals surface area contributed by atoms with Crippen molar-refractivity contribution in [3.63, 3.8) is 0 Å². The van der Waals surface area contributed by atoms with Crippen LogP contribution in [-0.4, -0.2) is 25.3 Å². The molecule has 0 atom stereocenters. The maximum absolute atomic E-state index is 11.4. The van der Waals surface area contributed by atoms with Gasteiger partial charge in [0.15, 0.2) is 5.76 Å². The number of thioether (sulfide) groups is 1. The summed E-state index contributed by atoms with van der Waals surface area (Å²) in [6.45, 7) is -0.322. The van der Waals surface area contributed by atoms with Gasteiger partial charge in [-0.2, -0.15) is 0 Å². The summed E-state index contributed by atoms with van der Waals surface area (Å²) in [7, 11) is 0. The third kappa shape index (κ3) is 3.20. The largest absolute Gasteiger partial charge is 0.459 e. The predicted octanol–water partition coefficient (Wildman–Crippen LogP) is 1.20. The lowest BCUT2D eigenvalue weighted by molar-refractivity contribution is 0.270. The molecule has 0 radical (unpaired) electrons. The van der Waals surface area contributed by atoms with Gasteiger partial charge in [0.1, 0.15) is 12.4 Å². The van der Waals surface area contributed by atoms with Crippen LogP contribution < -0.4 is 5.56 Å². The fourth-order valence-electron chi connectivity index (χ4n) is 1.62. The SMILES string of the molecule is O=c1cc(CSc2nnc(-c3ccco3)o2)nc(CO)[nH]1. The number of aliphatic hydroxyl groups excluding tert-OH is 1. The summed E-state index contributed by atoms with van der Waals surface area (Å²) in [6, 6.07) is 4.80. The van der Waals surface area contributed by atoms with Gasteiger partial charge in [-0.3, -0.25) is 4.79 Å². The number of furan rings is 1. The third-order valence-corrected chi connectivity index (χ3v) is 3.33. The quantitative estimate of drug-likeness (QED) is 0.675. The molecule has 8 nitrogen and oxygen atoms in total. The van der Waals surface area contributed by atoms with E-state index in [1.54, 1.807) is 12.1 Å². The normalized spacial score (nSPS) is 10.9. The Morgan fingerprint density at radius 2 is 2.29 bits per heavy atom. The highest BCUT2D eigenvalue weighted by Gasteiger charge is 2.12. The third-order valence-electron chi connectivity index (χ3n) is 2.48. The van der Waals surface area contributed by atoms with Crippen LogP contribution in [0.5, 0.6) is 0 Å². The first-order valence-electron chi connectivity index (χ1n) is 5.95. The van der Waals surface area contributed by atoms with Crippen LogP contribution in [0.2, 0.25) is 0 Å². The summed E-state index contributed by atoms with van der Waals surface area (Å²) in [6.07, 6.45) is 1.52.